The molecule has 2 aromatic carbocycles. The van der Waals surface area contributed by atoms with E-state index in [4.69, 9.17) is 27.6 Å². The van der Waals surface area contributed by atoms with Gasteiger partial charge in [0.05, 0.1) is 46.9 Å². The van der Waals surface area contributed by atoms with Gasteiger partial charge in [-0.2, -0.15) is 0 Å². The highest BCUT2D eigenvalue weighted by Crippen LogP contribution is 2.34. The van der Waals surface area contributed by atoms with Gasteiger partial charge in [-0.05, 0) is 62.4 Å². The number of ether oxygens (including phenoxy) is 2. The van der Waals surface area contributed by atoms with Crippen molar-refractivity contribution in [3.8, 4) is 11.5 Å². The molecule has 0 spiro atoms. The lowest BCUT2D eigenvalue weighted by Crippen LogP contribution is -2.48. The minimum Gasteiger partial charge on any atom is -0.490 e. The lowest BCUT2D eigenvalue weighted by molar-refractivity contribution is -0.132. The van der Waals surface area contributed by atoms with Gasteiger partial charge in [0.15, 0.2) is 29.0 Å². The number of anilines is 1. The number of piperazine rings is 1. The number of ketones is 2. The van der Waals surface area contributed by atoms with Crippen molar-refractivity contribution < 1.29 is 42.2 Å². The van der Waals surface area contributed by atoms with E-state index < -0.39 is 41.2 Å². The number of hydrogen-bond acceptors (Lipinski definition) is 10. The zero-order chi connectivity index (χ0) is 38.8. The van der Waals surface area contributed by atoms with Crippen LogP contribution in [0.25, 0.3) is 4.85 Å². The molecule has 55 heavy (non-hydrogen) atoms. The van der Waals surface area contributed by atoms with Crippen molar-refractivity contribution in [1.29, 1.82) is 0 Å². The van der Waals surface area contributed by atoms with Gasteiger partial charge >= 0.3 is 0 Å². The summed E-state index contributed by atoms with van der Waals surface area (Å²) in [7, 11) is 0. The van der Waals surface area contributed by atoms with E-state index in [-0.39, 0.29) is 72.1 Å². The van der Waals surface area contributed by atoms with Gasteiger partial charge in [0.1, 0.15) is 18.1 Å². The zero-order valence-corrected chi connectivity index (χ0v) is 30.4. The summed E-state index contributed by atoms with van der Waals surface area (Å²) in [5.41, 5.74) is 0.283. The summed E-state index contributed by atoms with van der Waals surface area (Å²) in [5, 5.41) is 3.31. The van der Waals surface area contributed by atoms with Crippen molar-refractivity contribution in [2.75, 3.05) is 44.2 Å². The summed E-state index contributed by atoms with van der Waals surface area (Å²) in [6, 6.07) is 7.14. The number of halogens is 3. The van der Waals surface area contributed by atoms with Crippen molar-refractivity contribution in [2.24, 2.45) is 0 Å². The highest BCUT2D eigenvalue weighted by atomic mass is 35.5. The smallest absolute Gasteiger partial charge is 0.262 e. The van der Waals surface area contributed by atoms with Crippen LogP contribution in [-0.4, -0.2) is 102 Å². The number of imide groups is 1. The lowest BCUT2D eigenvalue weighted by Gasteiger charge is -2.35. The molecular formula is C39H37ClF2N6O7. The third kappa shape index (κ3) is 8.16. The van der Waals surface area contributed by atoms with Crippen LogP contribution in [0.15, 0.2) is 42.6 Å². The normalized spacial score (nSPS) is 21.7. The van der Waals surface area contributed by atoms with Crippen molar-refractivity contribution in [1.82, 2.24) is 20.1 Å². The fourth-order valence-electron chi connectivity index (χ4n) is 7.48. The fraction of sp³-hybridized carbons (Fsp3) is 0.410. The number of carbonyl (C=O) groups excluding carboxylic acids is 5. The minimum absolute atomic E-state index is 0.0493. The molecule has 3 heterocycles. The van der Waals surface area contributed by atoms with Crippen LogP contribution in [0.3, 0.4) is 0 Å². The highest BCUT2D eigenvalue weighted by Gasteiger charge is 2.45. The fourth-order valence-corrected chi connectivity index (χ4v) is 7.69. The molecular weight excluding hydrogens is 738 g/mol. The zero-order valence-electron chi connectivity index (χ0n) is 29.7. The number of Topliss-reactive ketones (excluding diaryl/α,β-unsaturated/α-hetero) is 2. The predicted octanol–water partition coefficient (Wildman–Crippen LogP) is 5.17. The Morgan fingerprint density at radius 1 is 0.945 bits per heavy atom. The number of nitrogens with one attached hydrogen (secondary N) is 1. The number of rotatable bonds is 10. The molecule has 1 atom stereocenters. The molecule has 0 radical (unpaired) electrons. The molecule has 1 N–H and O–H groups in total. The SMILES string of the molecule is [C-]#[N+]c1ccc(OC2CCC(NC(=O)c3cnc(N4CCN(CCOc5cc6c(cc5F)C(=O)N(C5CCC(=O)CC5=O)C6=O)CC4)c(F)c3)CC2)cc1Cl. The third-order valence-corrected chi connectivity index (χ3v) is 10.8. The summed E-state index contributed by atoms with van der Waals surface area (Å²) in [6.45, 7) is 9.55. The number of carbonyl (C=O) groups is 5. The first-order valence-electron chi connectivity index (χ1n) is 18.1. The summed E-state index contributed by atoms with van der Waals surface area (Å²) in [6.07, 6.45) is 3.90. The summed E-state index contributed by atoms with van der Waals surface area (Å²) in [5.74, 6) is -3.53. The Morgan fingerprint density at radius 2 is 1.67 bits per heavy atom. The van der Waals surface area contributed by atoms with Crippen molar-refractivity contribution >= 4 is 52.4 Å². The second kappa shape index (κ2) is 16.1. The molecule has 1 unspecified atom stereocenters. The van der Waals surface area contributed by atoms with E-state index in [9.17, 15) is 28.4 Å². The minimum atomic E-state index is -1.05. The van der Waals surface area contributed by atoms with Gasteiger partial charge in [-0.3, -0.25) is 33.8 Å². The number of amides is 3. The van der Waals surface area contributed by atoms with Gasteiger partial charge in [0.25, 0.3) is 17.7 Å². The Hall–Kier alpha value is -5.46. The van der Waals surface area contributed by atoms with Crippen molar-refractivity contribution in [2.45, 2.75) is 63.1 Å². The third-order valence-electron chi connectivity index (χ3n) is 10.5. The molecule has 3 aromatic rings. The number of aromatic nitrogens is 1. The molecule has 4 aliphatic rings. The van der Waals surface area contributed by atoms with Gasteiger partial charge in [0, 0.05) is 51.4 Å². The van der Waals surface area contributed by atoms with Crippen LogP contribution < -0.4 is 19.7 Å². The van der Waals surface area contributed by atoms with Crippen LogP contribution in [-0.2, 0) is 9.59 Å². The molecule has 13 nitrogen and oxygen atoms in total. The molecule has 1 saturated heterocycles. The van der Waals surface area contributed by atoms with Crippen molar-refractivity contribution in [3.05, 3.63) is 87.4 Å². The van der Waals surface area contributed by atoms with E-state index in [1.54, 1.807) is 23.1 Å². The van der Waals surface area contributed by atoms with Gasteiger partial charge in [-0.25, -0.2) is 18.6 Å². The molecule has 16 heteroatoms. The van der Waals surface area contributed by atoms with E-state index in [0.29, 0.717) is 74.9 Å². The molecule has 2 aliphatic carbocycles. The quantitative estimate of drug-likeness (QED) is 0.167. The first-order chi connectivity index (χ1) is 26.5. The topological polar surface area (TPSA) is 143 Å². The van der Waals surface area contributed by atoms with Crippen LogP contribution in [0, 0.1) is 18.2 Å². The van der Waals surface area contributed by atoms with E-state index in [1.807, 2.05) is 4.90 Å². The first kappa shape index (κ1) is 37.8. The van der Waals surface area contributed by atoms with Gasteiger partial charge < -0.3 is 19.7 Å². The Bertz CT molecular complexity index is 2090. The van der Waals surface area contributed by atoms with Crippen LogP contribution in [0.5, 0.6) is 11.5 Å². The predicted molar refractivity (Wildman–Crippen MR) is 195 cm³/mol. The Labute approximate surface area is 320 Å². The maximum Gasteiger partial charge on any atom is 0.262 e. The standard InChI is InChI=1S/C39H37ClF2N6O7/c1-43-32-8-7-26(18-29(32)40)55-25-5-2-23(3-6-25)45-37(51)22-16-31(42)36(44-21-22)47-12-10-46(11-13-47)14-15-54-35-20-28-27(19-30(35)41)38(52)48(39(28)53)33-9-4-24(49)17-34(33)50/h7-8,16,18-21,23,25,33H,2-6,9-15,17H2,(H,45,51). The highest BCUT2D eigenvalue weighted by molar-refractivity contribution is 6.33. The van der Waals surface area contributed by atoms with Crippen molar-refractivity contribution in [3.63, 3.8) is 0 Å². The molecule has 2 aliphatic heterocycles. The molecule has 0 bridgehead atoms. The summed E-state index contributed by atoms with van der Waals surface area (Å²) in [4.78, 5) is 75.4. The molecule has 2 saturated carbocycles. The van der Waals surface area contributed by atoms with E-state index in [0.717, 1.165) is 11.0 Å². The molecule has 286 valence electrons. The average Bonchev–Trinajstić information content (AvgIpc) is 3.40. The lowest BCUT2D eigenvalue weighted by atomic mass is 9.92. The number of fused-ring (bicyclic) bond motifs is 1. The van der Waals surface area contributed by atoms with E-state index in [1.165, 1.54) is 18.3 Å². The summed E-state index contributed by atoms with van der Waals surface area (Å²) < 4.78 is 41.9. The van der Waals surface area contributed by atoms with Crippen LogP contribution in [0.2, 0.25) is 5.02 Å². The van der Waals surface area contributed by atoms with Crippen LogP contribution >= 0.6 is 11.6 Å². The van der Waals surface area contributed by atoms with E-state index >= 15 is 4.39 Å². The van der Waals surface area contributed by atoms with Crippen LogP contribution in [0.1, 0.15) is 76.0 Å². The first-order valence-corrected chi connectivity index (χ1v) is 18.5. The Balaban J connectivity index is 0.853. The van der Waals surface area contributed by atoms with Crippen LogP contribution in [0.4, 0.5) is 20.3 Å². The largest absolute Gasteiger partial charge is 0.490 e. The second-order valence-corrected chi connectivity index (χ2v) is 14.4. The summed E-state index contributed by atoms with van der Waals surface area (Å²) >= 11 is 6.12. The van der Waals surface area contributed by atoms with Gasteiger partial charge in [-0.15, -0.1) is 0 Å². The molecule has 7 rings (SSSR count). The number of hydrogen-bond donors (Lipinski definition) is 1. The molecule has 1 aromatic heterocycles. The molecule has 3 fully saturated rings. The molecule has 3 amide bonds. The average molecular weight is 775 g/mol. The Morgan fingerprint density at radius 3 is 2.35 bits per heavy atom. The van der Waals surface area contributed by atoms with E-state index in [2.05, 4.69) is 15.1 Å². The maximum atomic E-state index is 15.3. The Kier molecular flexibility index (Phi) is 11.1. The number of benzene rings is 2. The van der Waals surface area contributed by atoms with Gasteiger partial charge in [0.2, 0.25) is 5.69 Å². The number of nitrogens with zero attached hydrogens (tertiary/aromatic N) is 5. The van der Waals surface area contributed by atoms with Gasteiger partial charge in [-0.1, -0.05) is 17.7 Å². The number of pyridine rings is 1. The maximum absolute atomic E-state index is 15.3. The second-order valence-electron chi connectivity index (χ2n) is 14.0. The monoisotopic (exact) mass is 774 g/mol.